The molecule has 1 fully saturated rings. The van der Waals surface area contributed by atoms with Gasteiger partial charge in [0, 0.05) is 26.7 Å². The van der Waals surface area contributed by atoms with Gasteiger partial charge < -0.3 is 20.3 Å². The minimum Gasteiger partial charge on any atom is -0.444 e. The zero-order valence-electron chi connectivity index (χ0n) is 15.2. The maximum atomic E-state index is 11.9. The molecule has 0 bridgehead atoms. The van der Waals surface area contributed by atoms with Gasteiger partial charge in [0.25, 0.3) is 0 Å². The summed E-state index contributed by atoms with van der Waals surface area (Å²) in [5.41, 5.74) is 1.16. The Labute approximate surface area is 148 Å². The lowest BCUT2D eigenvalue weighted by Crippen LogP contribution is -2.63. The van der Waals surface area contributed by atoms with Crippen LogP contribution in [0.4, 0.5) is 4.79 Å². The maximum absolute atomic E-state index is 11.9. The Kier molecular flexibility index (Phi) is 5.86. The number of guanidine groups is 1. The van der Waals surface area contributed by atoms with E-state index < -0.39 is 5.60 Å². The molecule has 1 amide bonds. The summed E-state index contributed by atoms with van der Waals surface area (Å²) in [5, 5.41) is 15.4. The van der Waals surface area contributed by atoms with Crippen molar-refractivity contribution < 1.29 is 9.53 Å². The fourth-order valence-electron chi connectivity index (χ4n) is 2.37. The molecule has 2 N–H and O–H groups in total. The molecule has 2 rings (SSSR count). The summed E-state index contributed by atoms with van der Waals surface area (Å²) < 4.78 is 5.34. The molecule has 1 aliphatic rings. The lowest BCUT2D eigenvalue weighted by atomic mass is 10.1. The topological polar surface area (TPSA) is 89.8 Å². The van der Waals surface area contributed by atoms with E-state index in [-0.39, 0.29) is 12.1 Å². The van der Waals surface area contributed by atoms with Crippen LogP contribution in [0.15, 0.2) is 29.3 Å². The van der Waals surface area contributed by atoms with Crippen molar-refractivity contribution in [3.05, 3.63) is 35.4 Å². The van der Waals surface area contributed by atoms with Gasteiger partial charge in [0.2, 0.25) is 0 Å². The molecular weight excluding hydrogens is 318 g/mol. The number of amides is 1. The molecule has 0 aromatic heterocycles. The van der Waals surface area contributed by atoms with Crippen LogP contribution in [-0.2, 0) is 11.3 Å². The van der Waals surface area contributed by atoms with Crippen LogP contribution in [0, 0.1) is 11.3 Å². The van der Waals surface area contributed by atoms with Gasteiger partial charge in [-0.3, -0.25) is 4.99 Å². The Morgan fingerprint density at radius 2 is 2.16 bits per heavy atom. The van der Waals surface area contributed by atoms with Crippen molar-refractivity contribution >= 4 is 12.1 Å². The quantitative estimate of drug-likeness (QED) is 0.646. The molecule has 0 saturated carbocycles. The van der Waals surface area contributed by atoms with Gasteiger partial charge in [-0.2, -0.15) is 5.26 Å². The maximum Gasteiger partial charge on any atom is 0.410 e. The highest BCUT2D eigenvalue weighted by Gasteiger charge is 2.34. The molecule has 0 spiro atoms. The lowest BCUT2D eigenvalue weighted by molar-refractivity contribution is 0.00701. The van der Waals surface area contributed by atoms with E-state index in [9.17, 15) is 4.79 Å². The molecule has 1 aliphatic heterocycles. The first-order valence-electron chi connectivity index (χ1n) is 8.25. The number of likely N-dealkylation sites (tertiary alicyclic amines) is 1. The molecule has 1 heterocycles. The third kappa shape index (κ3) is 5.68. The largest absolute Gasteiger partial charge is 0.444 e. The van der Waals surface area contributed by atoms with E-state index in [1.807, 2.05) is 39.0 Å². The number of nitrogens with zero attached hydrogens (tertiary/aromatic N) is 3. The summed E-state index contributed by atoms with van der Waals surface area (Å²) in [6, 6.07) is 9.70. The second kappa shape index (κ2) is 7.88. The Balaban J connectivity index is 1.77. The Bertz CT molecular complexity index is 681. The van der Waals surface area contributed by atoms with Crippen molar-refractivity contribution in [1.82, 2.24) is 15.5 Å². The highest BCUT2D eigenvalue weighted by atomic mass is 16.6. The smallest absolute Gasteiger partial charge is 0.410 e. The van der Waals surface area contributed by atoms with Crippen LogP contribution >= 0.6 is 0 Å². The third-order valence-corrected chi connectivity index (χ3v) is 3.61. The number of nitrogens with one attached hydrogen (secondary N) is 2. The van der Waals surface area contributed by atoms with Crippen molar-refractivity contribution in [3.63, 3.8) is 0 Å². The van der Waals surface area contributed by atoms with Gasteiger partial charge in [0.05, 0.1) is 17.7 Å². The summed E-state index contributed by atoms with van der Waals surface area (Å²) in [6.45, 7) is 7.30. The highest BCUT2D eigenvalue weighted by Crippen LogP contribution is 2.15. The van der Waals surface area contributed by atoms with Gasteiger partial charge in [-0.05, 0) is 38.5 Å². The summed E-state index contributed by atoms with van der Waals surface area (Å²) >= 11 is 0. The highest BCUT2D eigenvalue weighted by molar-refractivity contribution is 5.80. The molecule has 134 valence electrons. The average molecular weight is 343 g/mol. The zero-order chi connectivity index (χ0) is 18.4. The SMILES string of the molecule is CN=C(NCc1cccc(C#N)c1)NC1CN(C(=O)OC(C)(C)C)C1. The average Bonchev–Trinajstić information content (AvgIpc) is 2.51. The monoisotopic (exact) mass is 343 g/mol. The van der Waals surface area contributed by atoms with Gasteiger partial charge in [-0.25, -0.2) is 4.79 Å². The molecule has 0 radical (unpaired) electrons. The van der Waals surface area contributed by atoms with Gasteiger partial charge in [0.15, 0.2) is 5.96 Å². The Morgan fingerprint density at radius 1 is 1.44 bits per heavy atom. The number of ether oxygens (including phenoxy) is 1. The Hall–Kier alpha value is -2.75. The van der Waals surface area contributed by atoms with Crippen LogP contribution in [-0.4, -0.2) is 48.7 Å². The number of benzene rings is 1. The standard InChI is InChI=1S/C18H25N5O2/c1-18(2,3)25-17(24)23-11-15(12-23)22-16(20-4)21-10-14-7-5-6-13(8-14)9-19/h5-8,15H,10-12H2,1-4H3,(H2,20,21,22). The molecule has 0 unspecified atom stereocenters. The van der Waals surface area contributed by atoms with Crippen LogP contribution in [0.3, 0.4) is 0 Å². The number of rotatable bonds is 3. The first-order valence-corrected chi connectivity index (χ1v) is 8.25. The van der Waals surface area contributed by atoms with E-state index in [4.69, 9.17) is 10.00 Å². The van der Waals surface area contributed by atoms with Crippen molar-refractivity contribution in [2.24, 2.45) is 4.99 Å². The van der Waals surface area contributed by atoms with E-state index in [0.29, 0.717) is 31.2 Å². The number of hydrogen-bond donors (Lipinski definition) is 2. The summed E-state index contributed by atoms with van der Waals surface area (Å²) in [4.78, 5) is 17.8. The minimum absolute atomic E-state index is 0.143. The van der Waals surface area contributed by atoms with Gasteiger partial charge in [-0.1, -0.05) is 12.1 Å². The van der Waals surface area contributed by atoms with Crippen LogP contribution in [0.2, 0.25) is 0 Å². The first kappa shape index (κ1) is 18.6. The number of carbonyl (C=O) groups excluding carboxylic acids is 1. The van der Waals surface area contributed by atoms with Gasteiger partial charge in [0.1, 0.15) is 5.60 Å². The second-order valence-corrected chi connectivity index (χ2v) is 6.96. The number of carbonyl (C=O) groups is 1. The summed E-state index contributed by atoms with van der Waals surface area (Å²) in [5.74, 6) is 0.663. The molecule has 1 saturated heterocycles. The fourth-order valence-corrected chi connectivity index (χ4v) is 2.37. The van der Waals surface area contributed by atoms with E-state index >= 15 is 0 Å². The second-order valence-electron chi connectivity index (χ2n) is 6.96. The fraction of sp³-hybridized carbons (Fsp3) is 0.500. The van der Waals surface area contributed by atoms with Crippen molar-refractivity contribution in [2.45, 2.75) is 39.0 Å². The molecule has 0 atom stereocenters. The molecule has 25 heavy (non-hydrogen) atoms. The number of aliphatic imine (C=N–C) groups is 1. The number of nitriles is 1. The van der Waals surface area contributed by atoms with Gasteiger partial charge >= 0.3 is 6.09 Å². The Morgan fingerprint density at radius 3 is 2.76 bits per heavy atom. The molecule has 7 heteroatoms. The normalized spacial score (nSPS) is 15.2. The summed E-state index contributed by atoms with van der Waals surface area (Å²) in [7, 11) is 1.70. The van der Waals surface area contributed by atoms with Crippen molar-refractivity contribution in [2.75, 3.05) is 20.1 Å². The zero-order valence-corrected chi connectivity index (χ0v) is 15.2. The van der Waals surface area contributed by atoms with Crippen LogP contribution in [0.5, 0.6) is 0 Å². The van der Waals surface area contributed by atoms with E-state index in [2.05, 4.69) is 21.7 Å². The van der Waals surface area contributed by atoms with E-state index in [0.717, 1.165) is 5.56 Å². The van der Waals surface area contributed by atoms with Gasteiger partial charge in [-0.15, -0.1) is 0 Å². The van der Waals surface area contributed by atoms with Crippen LogP contribution < -0.4 is 10.6 Å². The van der Waals surface area contributed by atoms with Crippen molar-refractivity contribution in [1.29, 1.82) is 5.26 Å². The predicted octanol–water partition coefficient (Wildman–Crippen LogP) is 1.84. The van der Waals surface area contributed by atoms with Crippen LogP contribution in [0.1, 0.15) is 31.9 Å². The molecular formula is C18H25N5O2. The molecule has 1 aromatic rings. The minimum atomic E-state index is -0.481. The predicted molar refractivity (Wildman–Crippen MR) is 96.1 cm³/mol. The van der Waals surface area contributed by atoms with E-state index in [1.165, 1.54) is 0 Å². The summed E-state index contributed by atoms with van der Waals surface area (Å²) in [6.07, 6.45) is -0.290. The number of hydrogen-bond acceptors (Lipinski definition) is 4. The molecule has 0 aliphatic carbocycles. The van der Waals surface area contributed by atoms with E-state index in [1.54, 1.807) is 18.0 Å². The lowest BCUT2D eigenvalue weighted by Gasteiger charge is -2.40. The first-order chi connectivity index (χ1) is 11.8. The van der Waals surface area contributed by atoms with Crippen molar-refractivity contribution in [3.8, 4) is 6.07 Å². The van der Waals surface area contributed by atoms with Crippen LogP contribution in [0.25, 0.3) is 0 Å². The molecule has 1 aromatic carbocycles. The third-order valence-electron chi connectivity index (χ3n) is 3.61. The molecule has 7 nitrogen and oxygen atoms in total.